The number of nitrogens with zero attached hydrogens (tertiary/aromatic N) is 4. The van der Waals surface area contributed by atoms with E-state index in [4.69, 9.17) is 10.3 Å². The third-order valence-corrected chi connectivity index (χ3v) is 6.94. The summed E-state index contributed by atoms with van der Waals surface area (Å²) < 4.78 is 5.73. The molecule has 8 heteroatoms. The lowest BCUT2D eigenvalue weighted by Crippen LogP contribution is -2.42. The number of rotatable bonds is 4. The molecule has 3 aliphatic rings. The molecule has 2 aliphatic carbocycles. The van der Waals surface area contributed by atoms with Crippen LogP contribution >= 0.6 is 0 Å². The van der Waals surface area contributed by atoms with E-state index in [1.54, 1.807) is 4.90 Å². The molecule has 1 heterocycles. The van der Waals surface area contributed by atoms with E-state index in [2.05, 4.69) is 34.3 Å². The van der Waals surface area contributed by atoms with Gasteiger partial charge >= 0.3 is 12.1 Å². The topological polar surface area (TPSA) is 116 Å². The number of hydrogen-bond donors (Lipinski definition) is 1. The number of amides is 1. The highest BCUT2D eigenvalue weighted by Gasteiger charge is 2.51. The summed E-state index contributed by atoms with van der Waals surface area (Å²) in [4.78, 5) is 29.0. The van der Waals surface area contributed by atoms with Crippen LogP contribution in [0.3, 0.4) is 0 Å². The minimum Gasteiger partial charge on any atom is -0.481 e. The molecule has 1 N–H and O–H groups in total. The summed E-state index contributed by atoms with van der Waals surface area (Å²) in [5.74, 6) is -2.14. The number of carboxylic acids is 1. The fourth-order valence-electron chi connectivity index (χ4n) is 5.67. The first-order valence-electron chi connectivity index (χ1n) is 10.5. The molecule has 1 saturated carbocycles. The molecule has 8 nitrogen and oxygen atoms in total. The van der Waals surface area contributed by atoms with E-state index in [9.17, 15) is 14.7 Å². The van der Waals surface area contributed by atoms with E-state index in [1.807, 2.05) is 24.3 Å². The number of fused-ring (bicyclic) bond motifs is 5. The number of carbonyl (C=O) groups is 2. The Hall–Kier alpha value is -3.51. The fraction of sp³-hybridized carbons (Fsp3) is 0.391. The average Bonchev–Trinajstić information content (AvgIpc) is 3.23. The molecule has 1 amide bonds. The van der Waals surface area contributed by atoms with Crippen LogP contribution in [-0.2, 0) is 9.53 Å². The first-order valence-corrected chi connectivity index (χ1v) is 10.5. The molecule has 4 unspecified atom stereocenters. The highest BCUT2D eigenvalue weighted by molar-refractivity contribution is 5.79. The zero-order valence-corrected chi connectivity index (χ0v) is 16.8. The second kappa shape index (κ2) is 7.63. The van der Waals surface area contributed by atoms with Crippen LogP contribution in [0.4, 0.5) is 4.79 Å². The molecule has 4 atom stereocenters. The van der Waals surface area contributed by atoms with Gasteiger partial charge in [0.15, 0.2) is 0 Å². The second-order valence-corrected chi connectivity index (χ2v) is 8.52. The molecule has 1 aliphatic heterocycles. The van der Waals surface area contributed by atoms with Gasteiger partial charge in [-0.25, -0.2) is 4.79 Å². The molecule has 1 saturated heterocycles. The molecular formula is C23H22N4O4. The van der Waals surface area contributed by atoms with Gasteiger partial charge in [-0.2, -0.15) is 0 Å². The number of hydrogen-bond acceptors (Lipinski definition) is 4. The zero-order chi connectivity index (χ0) is 21.5. The highest BCUT2D eigenvalue weighted by Crippen LogP contribution is 2.45. The lowest BCUT2D eigenvalue weighted by Gasteiger charge is -2.32. The van der Waals surface area contributed by atoms with Crippen molar-refractivity contribution in [1.82, 2.24) is 4.90 Å². The third-order valence-electron chi connectivity index (χ3n) is 6.94. The van der Waals surface area contributed by atoms with Crippen molar-refractivity contribution in [1.29, 1.82) is 0 Å². The Balaban J connectivity index is 1.31. The van der Waals surface area contributed by atoms with Crippen molar-refractivity contribution in [3.8, 4) is 11.1 Å². The Labute approximate surface area is 179 Å². The monoisotopic (exact) mass is 418 g/mol. The van der Waals surface area contributed by atoms with Crippen molar-refractivity contribution in [3.05, 3.63) is 70.1 Å². The molecule has 0 aromatic heterocycles. The number of piperidine rings is 1. The minimum absolute atomic E-state index is 0.0273. The van der Waals surface area contributed by atoms with Gasteiger partial charge in [0.2, 0.25) is 0 Å². The molecule has 2 aromatic rings. The van der Waals surface area contributed by atoms with Crippen molar-refractivity contribution in [3.63, 3.8) is 0 Å². The van der Waals surface area contributed by atoms with Crippen LogP contribution in [0.2, 0.25) is 0 Å². The standard InChI is InChI=1S/C23H22N4O4/c24-26-25-21-14-9-13(20(21)22(28)29)10-27(11-14)23(30)31-12-19-17-7-3-1-5-15(17)16-6-2-4-8-18(16)19/h1-8,13-14,19-21H,9-12H2,(H,28,29). The Morgan fingerprint density at radius 1 is 1.06 bits per heavy atom. The van der Waals surface area contributed by atoms with E-state index in [1.165, 1.54) is 0 Å². The van der Waals surface area contributed by atoms with Crippen molar-refractivity contribution >= 4 is 12.1 Å². The number of carbonyl (C=O) groups excluding carboxylic acids is 1. The first-order chi connectivity index (χ1) is 15.1. The van der Waals surface area contributed by atoms with E-state index in [0.29, 0.717) is 19.5 Å². The van der Waals surface area contributed by atoms with Gasteiger partial charge in [-0.05, 0) is 46.0 Å². The normalized spacial score (nSPS) is 26.0. The molecule has 2 aromatic carbocycles. The van der Waals surface area contributed by atoms with Crippen LogP contribution in [0.5, 0.6) is 0 Å². The van der Waals surface area contributed by atoms with Crippen LogP contribution in [0.25, 0.3) is 21.6 Å². The molecule has 2 bridgehead atoms. The largest absolute Gasteiger partial charge is 0.481 e. The van der Waals surface area contributed by atoms with E-state index < -0.39 is 24.0 Å². The summed E-state index contributed by atoms with van der Waals surface area (Å²) in [7, 11) is 0. The SMILES string of the molecule is [N-]=[N+]=NC1C2CC(CN(C(=O)OCC3c4ccccc4-c4ccccc43)C2)C1C(=O)O. The summed E-state index contributed by atoms with van der Waals surface area (Å²) in [5.41, 5.74) is 13.5. The smallest absolute Gasteiger partial charge is 0.409 e. The lowest BCUT2D eigenvalue weighted by atomic mass is 9.94. The van der Waals surface area contributed by atoms with Crippen LogP contribution in [0.1, 0.15) is 23.5 Å². The lowest BCUT2D eigenvalue weighted by molar-refractivity contribution is -0.143. The minimum atomic E-state index is -0.973. The van der Waals surface area contributed by atoms with Crippen molar-refractivity contribution in [2.75, 3.05) is 19.7 Å². The van der Waals surface area contributed by atoms with Gasteiger partial charge in [0, 0.05) is 23.9 Å². The maximum atomic E-state index is 12.9. The summed E-state index contributed by atoms with van der Waals surface area (Å²) in [6, 6.07) is 15.7. The number of benzene rings is 2. The van der Waals surface area contributed by atoms with Gasteiger partial charge < -0.3 is 14.7 Å². The summed E-state index contributed by atoms with van der Waals surface area (Å²) in [6.45, 7) is 0.878. The summed E-state index contributed by atoms with van der Waals surface area (Å²) >= 11 is 0. The van der Waals surface area contributed by atoms with Gasteiger partial charge in [-0.15, -0.1) is 0 Å². The van der Waals surface area contributed by atoms with Gasteiger partial charge in [0.1, 0.15) is 6.61 Å². The molecular weight excluding hydrogens is 396 g/mol. The number of likely N-dealkylation sites (tertiary alicyclic amines) is 1. The van der Waals surface area contributed by atoms with Crippen LogP contribution in [-0.4, -0.2) is 47.8 Å². The Kier molecular flexibility index (Phi) is 4.79. The van der Waals surface area contributed by atoms with Gasteiger partial charge in [-0.1, -0.05) is 53.6 Å². The van der Waals surface area contributed by atoms with Crippen molar-refractivity contribution in [2.45, 2.75) is 18.4 Å². The maximum absolute atomic E-state index is 12.9. The molecule has 0 radical (unpaired) electrons. The molecule has 158 valence electrons. The molecule has 0 spiro atoms. The predicted molar refractivity (Wildman–Crippen MR) is 112 cm³/mol. The van der Waals surface area contributed by atoms with E-state index in [-0.39, 0.29) is 24.4 Å². The van der Waals surface area contributed by atoms with Crippen molar-refractivity contribution in [2.24, 2.45) is 22.9 Å². The van der Waals surface area contributed by atoms with E-state index >= 15 is 0 Å². The maximum Gasteiger partial charge on any atom is 0.409 e. The average molecular weight is 418 g/mol. The second-order valence-electron chi connectivity index (χ2n) is 8.52. The highest BCUT2D eigenvalue weighted by atomic mass is 16.6. The zero-order valence-electron chi connectivity index (χ0n) is 16.8. The summed E-state index contributed by atoms with van der Waals surface area (Å²) in [6.07, 6.45) is 0.204. The Bertz CT molecular complexity index is 1030. The number of ether oxygens (including phenoxy) is 1. The van der Waals surface area contributed by atoms with Crippen LogP contribution in [0, 0.1) is 17.8 Å². The first kappa shape index (κ1) is 19.5. The third kappa shape index (κ3) is 3.20. The van der Waals surface area contributed by atoms with Gasteiger partial charge in [0.05, 0.1) is 12.0 Å². The van der Waals surface area contributed by atoms with Crippen LogP contribution in [0.15, 0.2) is 53.6 Å². The fourth-order valence-corrected chi connectivity index (χ4v) is 5.67. The number of aliphatic carboxylic acids is 1. The molecule has 5 rings (SSSR count). The Morgan fingerprint density at radius 2 is 1.68 bits per heavy atom. The molecule has 31 heavy (non-hydrogen) atoms. The van der Waals surface area contributed by atoms with Gasteiger partial charge in [-0.3, -0.25) is 4.79 Å². The van der Waals surface area contributed by atoms with Crippen LogP contribution < -0.4 is 0 Å². The predicted octanol–water partition coefficient (Wildman–Crippen LogP) is 4.27. The quantitative estimate of drug-likeness (QED) is 0.453. The van der Waals surface area contributed by atoms with Gasteiger partial charge in [0.25, 0.3) is 0 Å². The molecule has 2 fully saturated rings. The number of carboxylic acid groups (broad SMARTS) is 1. The summed E-state index contributed by atoms with van der Waals surface area (Å²) in [5, 5.41) is 13.3. The Morgan fingerprint density at radius 3 is 2.29 bits per heavy atom. The number of azide groups is 1. The van der Waals surface area contributed by atoms with E-state index in [0.717, 1.165) is 22.3 Å². The van der Waals surface area contributed by atoms with Crippen molar-refractivity contribution < 1.29 is 19.4 Å².